The van der Waals surface area contributed by atoms with Crippen molar-refractivity contribution in [2.45, 2.75) is 39.2 Å². The summed E-state index contributed by atoms with van der Waals surface area (Å²) in [6.07, 6.45) is 1.81. The van der Waals surface area contributed by atoms with Crippen LogP contribution in [0.5, 0.6) is 0 Å². The largest absolute Gasteiger partial charge is 0.315 e. The Kier molecular flexibility index (Phi) is 3.34. The molecule has 0 aliphatic rings. The zero-order chi connectivity index (χ0) is 7.33. The maximum Gasteiger partial charge on any atom is 0.0744 e. The highest BCUT2D eigenvalue weighted by Gasteiger charge is 2.09. The van der Waals surface area contributed by atoms with Crippen molar-refractivity contribution < 1.29 is 0 Å². The highest BCUT2D eigenvalue weighted by molar-refractivity contribution is 5.13. The van der Waals surface area contributed by atoms with E-state index in [1.807, 2.05) is 20.8 Å². The van der Waals surface area contributed by atoms with Crippen LogP contribution in [-0.4, -0.2) is 5.54 Å². The van der Waals surface area contributed by atoms with E-state index >= 15 is 0 Å². The van der Waals surface area contributed by atoms with Gasteiger partial charge in [0.25, 0.3) is 0 Å². The van der Waals surface area contributed by atoms with Gasteiger partial charge in [0, 0.05) is 6.42 Å². The van der Waals surface area contributed by atoms with Gasteiger partial charge in [0.05, 0.1) is 5.54 Å². The third-order valence-corrected chi connectivity index (χ3v) is 1.29. The molecule has 1 atom stereocenters. The number of nitrogens with two attached hydrogens (primary N) is 1. The third kappa shape index (κ3) is 4.05. The van der Waals surface area contributed by atoms with Gasteiger partial charge in [-0.05, 0) is 13.3 Å². The minimum Gasteiger partial charge on any atom is -0.315 e. The van der Waals surface area contributed by atoms with Crippen molar-refractivity contribution in [1.82, 2.24) is 0 Å². The Labute approximate surface area is 57.6 Å². The van der Waals surface area contributed by atoms with E-state index in [1.165, 1.54) is 0 Å². The Morgan fingerprint density at radius 1 is 1.44 bits per heavy atom. The third-order valence-electron chi connectivity index (χ3n) is 1.29. The van der Waals surface area contributed by atoms with E-state index in [0.717, 1.165) is 12.8 Å². The van der Waals surface area contributed by atoms with Crippen LogP contribution in [0.1, 0.15) is 33.6 Å². The van der Waals surface area contributed by atoms with Crippen molar-refractivity contribution in [3.63, 3.8) is 0 Å². The molecular formula is C8H15N. The Morgan fingerprint density at radius 2 is 2.00 bits per heavy atom. The minimum atomic E-state index is -0.268. The number of rotatable bonds is 1. The summed E-state index contributed by atoms with van der Waals surface area (Å²) in [4.78, 5) is 0. The van der Waals surface area contributed by atoms with Crippen LogP contribution in [0.3, 0.4) is 0 Å². The summed E-state index contributed by atoms with van der Waals surface area (Å²) in [6, 6.07) is 0. The van der Waals surface area contributed by atoms with Crippen molar-refractivity contribution in [3.8, 4) is 11.8 Å². The van der Waals surface area contributed by atoms with Gasteiger partial charge < -0.3 is 5.73 Å². The van der Waals surface area contributed by atoms with Crippen LogP contribution in [0.2, 0.25) is 0 Å². The SMILES string of the molecule is CCC#CC(C)(N)CC. The molecule has 0 amide bonds. The van der Waals surface area contributed by atoms with Crippen LogP contribution in [0.15, 0.2) is 0 Å². The topological polar surface area (TPSA) is 26.0 Å². The minimum absolute atomic E-state index is 0.268. The highest BCUT2D eigenvalue weighted by Crippen LogP contribution is 2.00. The smallest absolute Gasteiger partial charge is 0.0744 e. The summed E-state index contributed by atoms with van der Waals surface area (Å²) in [5.74, 6) is 5.95. The fourth-order valence-corrected chi connectivity index (χ4v) is 0.379. The molecule has 1 nitrogen and oxygen atoms in total. The second-order valence-corrected chi connectivity index (χ2v) is 2.43. The summed E-state index contributed by atoms with van der Waals surface area (Å²) < 4.78 is 0. The van der Waals surface area contributed by atoms with Gasteiger partial charge in [-0.2, -0.15) is 0 Å². The average molecular weight is 125 g/mol. The molecule has 0 heterocycles. The molecule has 0 rings (SSSR count). The summed E-state index contributed by atoms with van der Waals surface area (Å²) in [7, 11) is 0. The normalized spacial score (nSPS) is 15.6. The van der Waals surface area contributed by atoms with E-state index in [9.17, 15) is 0 Å². The van der Waals surface area contributed by atoms with Gasteiger partial charge in [-0.1, -0.05) is 19.8 Å². The zero-order valence-corrected chi connectivity index (χ0v) is 6.49. The van der Waals surface area contributed by atoms with E-state index < -0.39 is 0 Å². The van der Waals surface area contributed by atoms with Gasteiger partial charge in [-0.15, -0.1) is 5.92 Å². The fourth-order valence-electron chi connectivity index (χ4n) is 0.379. The van der Waals surface area contributed by atoms with Gasteiger partial charge in [0.15, 0.2) is 0 Å². The second-order valence-electron chi connectivity index (χ2n) is 2.43. The number of hydrogen-bond acceptors (Lipinski definition) is 1. The first-order chi connectivity index (χ1) is 4.12. The first-order valence-corrected chi connectivity index (χ1v) is 3.41. The fraction of sp³-hybridized carbons (Fsp3) is 0.750. The molecule has 0 aliphatic heterocycles. The lowest BCUT2D eigenvalue weighted by Gasteiger charge is -2.13. The van der Waals surface area contributed by atoms with Crippen LogP contribution in [0, 0.1) is 11.8 Å². The van der Waals surface area contributed by atoms with Crippen LogP contribution < -0.4 is 5.73 Å². The lowest BCUT2D eigenvalue weighted by molar-refractivity contribution is 0.585. The molecule has 0 aromatic carbocycles. The molecule has 0 fully saturated rings. The van der Waals surface area contributed by atoms with Crippen LogP contribution in [0.25, 0.3) is 0 Å². The molecule has 0 spiro atoms. The molecule has 0 radical (unpaired) electrons. The molecule has 2 N–H and O–H groups in total. The summed E-state index contributed by atoms with van der Waals surface area (Å²) in [6.45, 7) is 6.03. The van der Waals surface area contributed by atoms with E-state index in [0.29, 0.717) is 0 Å². The predicted octanol–water partition coefficient (Wildman–Crippen LogP) is 1.53. The van der Waals surface area contributed by atoms with E-state index in [-0.39, 0.29) is 5.54 Å². The first-order valence-electron chi connectivity index (χ1n) is 3.41. The number of hydrogen-bond donors (Lipinski definition) is 1. The summed E-state index contributed by atoms with van der Waals surface area (Å²) in [5, 5.41) is 0. The first kappa shape index (κ1) is 8.52. The standard InChI is InChI=1S/C8H15N/c1-4-6-7-8(3,9)5-2/h4-5,9H2,1-3H3. The summed E-state index contributed by atoms with van der Waals surface area (Å²) in [5.41, 5.74) is 5.46. The highest BCUT2D eigenvalue weighted by atomic mass is 14.7. The van der Waals surface area contributed by atoms with E-state index in [4.69, 9.17) is 5.73 Å². The van der Waals surface area contributed by atoms with E-state index in [1.54, 1.807) is 0 Å². The van der Waals surface area contributed by atoms with Crippen molar-refractivity contribution in [3.05, 3.63) is 0 Å². The summed E-state index contributed by atoms with van der Waals surface area (Å²) >= 11 is 0. The Balaban J connectivity index is 3.84. The van der Waals surface area contributed by atoms with Crippen LogP contribution in [0.4, 0.5) is 0 Å². The molecule has 52 valence electrons. The van der Waals surface area contributed by atoms with Gasteiger partial charge >= 0.3 is 0 Å². The molecule has 0 saturated heterocycles. The van der Waals surface area contributed by atoms with Gasteiger partial charge in [0.2, 0.25) is 0 Å². The lowest BCUT2D eigenvalue weighted by atomic mass is 10.0. The van der Waals surface area contributed by atoms with Crippen LogP contribution >= 0.6 is 0 Å². The van der Waals surface area contributed by atoms with Crippen molar-refractivity contribution >= 4 is 0 Å². The van der Waals surface area contributed by atoms with Crippen molar-refractivity contribution in [2.75, 3.05) is 0 Å². The molecule has 0 aliphatic carbocycles. The predicted molar refractivity (Wildman–Crippen MR) is 41.0 cm³/mol. The quantitative estimate of drug-likeness (QED) is 0.528. The second kappa shape index (κ2) is 3.53. The lowest BCUT2D eigenvalue weighted by Crippen LogP contribution is -2.32. The van der Waals surface area contributed by atoms with Gasteiger partial charge in [-0.3, -0.25) is 0 Å². The average Bonchev–Trinajstić information content (AvgIpc) is 1.84. The molecule has 9 heavy (non-hydrogen) atoms. The molecule has 0 aromatic heterocycles. The van der Waals surface area contributed by atoms with Crippen LogP contribution in [-0.2, 0) is 0 Å². The molecule has 1 unspecified atom stereocenters. The molecule has 0 saturated carbocycles. The molecule has 1 heteroatoms. The van der Waals surface area contributed by atoms with E-state index in [2.05, 4.69) is 11.8 Å². The maximum atomic E-state index is 5.73. The maximum absolute atomic E-state index is 5.73. The molecule has 0 aromatic rings. The Bertz CT molecular complexity index is 125. The van der Waals surface area contributed by atoms with Gasteiger partial charge in [-0.25, -0.2) is 0 Å². The Morgan fingerprint density at radius 3 is 2.33 bits per heavy atom. The van der Waals surface area contributed by atoms with Gasteiger partial charge in [0.1, 0.15) is 0 Å². The van der Waals surface area contributed by atoms with Crippen molar-refractivity contribution in [2.24, 2.45) is 5.73 Å². The molecule has 0 bridgehead atoms. The monoisotopic (exact) mass is 125 g/mol. The Hall–Kier alpha value is -0.480. The van der Waals surface area contributed by atoms with Crippen molar-refractivity contribution in [1.29, 1.82) is 0 Å². The molecular weight excluding hydrogens is 110 g/mol. The zero-order valence-electron chi connectivity index (χ0n) is 6.49.